The fourth-order valence-corrected chi connectivity index (χ4v) is 2.30. The lowest BCUT2D eigenvalue weighted by atomic mass is 10.2. The van der Waals surface area contributed by atoms with Crippen molar-refractivity contribution in [2.75, 3.05) is 57.4 Å². The third-order valence-electron chi connectivity index (χ3n) is 3.35. The summed E-state index contributed by atoms with van der Waals surface area (Å²) >= 11 is 5.87. The van der Waals surface area contributed by atoms with Crippen LogP contribution in [0.3, 0.4) is 0 Å². The van der Waals surface area contributed by atoms with Gasteiger partial charge < -0.3 is 16.0 Å². The van der Waals surface area contributed by atoms with Gasteiger partial charge in [-0.25, -0.2) is 0 Å². The Balaban J connectivity index is 1.75. The van der Waals surface area contributed by atoms with Crippen molar-refractivity contribution in [3.8, 4) is 0 Å². The highest BCUT2D eigenvalue weighted by molar-refractivity contribution is 6.31. The zero-order valence-corrected chi connectivity index (χ0v) is 11.6. The molecule has 0 spiro atoms. The highest BCUT2D eigenvalue weighted by atomic mass is 35.5. The van der Waals surface area contributed by atoms with E-state index in [1.165, 1.54) is 0 Å². The lowest BCUT2D eigenvalue weighted by Gasteiger charge is -2.32. The van der Waals surface area contributed by atoms with Crippen LogP contribution < -0.4 is 11.1 Å². The third-order valence-corrected chi connectivity index (χ3v) is 3.59. The second kappa shape index (κ2) is 6.27. The molecule has 5 heteroatoms. The Morgan fingerprint density at radius 2 is 2.00 bits per heavy atom. The van der Waals surface area contributed by atoms with Crippen LogP contribution >= 0.6 is 11.6 Å². The van der Waals surface area contributed by atoms with E-state index in [1.807, 2.05) is 12.1 Å². The van der Waals surface area contributed by atoms with Gasteiger partial charge in [-0.1, -0.05) is 11.6 Å². The van der Waals surface area contributed by atoms with Gasteiger partial charge in [0.2, 0.25) is 0 Å². The fraction of sp³-hybridized carbons (Fsp3) is 0.538. The summed E-state index contributed by atoms with van der Waals surface area (Å²) in [5.74, 6) is 0. The maximum absolute atomic E-state index is 5.89. The Kier molecular flexibility index (Phi) is 4.69. The highest BCUT2D eigenvalue weighted by Gasteiger charge is 2.12. The van der Waals surface area contributed by atoms with Crippen molar-refractivity contribution in [3.63, 3.8) is 0 Å². The summed E-state index contributed by atoms with van der Waals surface area (Å²) in [6.07, 6.45) is 0. The van der Waals surface area contributed by atoms with Gasteiger partial charge in [0.1, 0.15) is 0 Å². The first-order valence-corrected chi connectivity index (χ1v) is 6.73. The van der Waals surface area contributed by atoms with Gasteiger partial charge in [-0.15, -0.1) is 0 Å². The molecule has 1 aromatic carbocycles. The van der Waals surface area contributed by atoms with E-state index >= 15 is 0 Å². The Morgan fingerprint density at radius 3 is 2.67 bits per heavy atom. The van der Waals surface area contributed by atoms with E-state index < -0.39 is 0 Å². The molecule has 0 atom stereocenters. The van der Waals surface area contributed by atoms with Crippen LogP contribution in [0, 0.1) is 0 Å². The minimum atomic E-state index is 0.678. The van der Waals surface area contributed by atoms with E-state index in [9.17, 15) is 0 Å². The Morgan fingerprint density at radius 1 is 1.28 bits per heavy atom. The maximum Gasteiger partial charge on any atom is 0.0575 e. The van der Waals surface area contributed by atoms with E-state index in [2.05, 4.69) is 22.2 Å². The highest BCUT2D eigenvalue weighted by Crippen LogP contribution is 2.22. The van der Waals surface area contributed by atoms with Crippen molar-refractivity contribution in [1.82, 2.24) is 9.80 Å². The molecule has 0 unspecified atom stereocenters. The molecule has 1 fully saturated rings. The number of nitrogens with one attached hydrogen (secondary N) is 1. The smallest absolute Gasteiger partial charge is 0.0575 e. The summed E-state index contributed by atoms with van der Waals surface area (Å²) in [7, 11) is 2.17. The molecule has 1 aromatic rings. The summed E-state index contributed by atoms with van der Waals surface area (Å²) < 4.78 is 0. The number of nitrogens with zero attached hydrogens (tertiary/aromatic N) is 2. The molecule has 18 heavy (non-hydrogen) atoms. The van der Waals surface area contributed by atoms with Crippen LogP contribution in [-0.2, 0) is 0 Å². The van der Waals surface area contributed by atoms with Crippen molar-refractivity contribution >= 4 is 23.0 Å². The largest absolute Gasteiger partial charge is 0.397 e. The number of nitrogen functional groups attached to an aromatic ring is 1. The van der Waals surface area contributed by atoms with Gasteiger partial charge in [0.15, 0.2) is 0 Å². The molecule has 0 amide bonds. The van der Waals surface area contributed by atoms with Gasteiger partial charge in [-0.3, -0.25) is 4.90 Å². The van der Waals surface area contributed by atoms with Crippen molar-refractivity contribution in [3.05, 3.63) is 23.2 Å². The van der Waals surface area contributed by atoms with Crippen molar-refractivity contribution in [2.24, 2.45) is 0 Å². The second-order valence-electron chi connectivity index (χ2n) is 4.80. The van der Waals surface area contributed by atoms with Gasteiger partial charge in [0.05, 0.1) is 11.4 Å². The Bertz CT molecular complexity index is 389. The number of benzene rings is 1. The van der Waals surface area contributed by atoms with E-state index in [0.717, 1.165) is 45.0 Å². The standard InChI is InChI=1S/C13H21ClN4/c1-17-6-8-18(9-7-17)5-4-16-13-3-2-11(14)10-12(13)15/h2-3,10,16H,4-9,15H2,1H3. The summed E-state index contributed by atoms with van der Waals surface area (Å²) in [5, 5.41) is 4.04. The first-order chi connectivity index (χ1) is 8.65. The molecule has 0 aromatic heterocycles. The van der Waals surface area contributed by atoms with Crippen molar-refractivity contribution in [2.45, 2.75) is 0 Å². The van der Waals surface area contributed by atoms with E-state index in [1.54, 1.807) is 6.07 Å². The minimum absolute atomic E-state index is 0.678. The van der Waals surface area contributed by atoms with Crippen LogP contribution in [0.4, 0.5) is 11.4 Å². The number of likely N-dealkylation sites (N-methyl/N-ethyl adjacent to an activating group) is 1. The predicted octanol–water partition coefficient (Wildman–Crippen LogP) is 1.58. The topological polar surface area (TPSA) is 44.5 Å². The molecule has 2 rings (SSSR count). The molecule has 0 aliphatic carbocycles. The van der Waals surface area contributed by atoms with Gasteiger partial charge in [-0.2, -0.15) is 0 Å². The van der Waals surface area contributed by atoms with Crippen LogP contribution in [-0.4, -0.2) is 56.1 Å². The normalized spacial score (nSPS) is 17.9. The third kappa shape index (κ3) is 3.77. The van der Waals surface area contributed by atoms with E-state index in [0.29, 0.717) is 10.7 Å². The molecule has 1 saturated heterocycles. The lowest BCUT2D eigenvalue weighted by Crippen LogP contribution is -2.45. The summed E-state index contributed by atoms with van der Waals surface area (Å²) in [5.41, 5.74) is 7.57. The number of halogens is 1. The zero-order valence-electron chi connectivity index (χ0n) is 10.8. The van der Waals surface area contributed by atoms with Gasteiger partial charge in [-0.05, 0) is 25.2 Å². The van der Waals surface area contributed by atoms with Crippen LogP contribution in [0.15, 0.2) is 18.2 Å². The molecular formula is C13H21ClN4. The van der Waals surface area contributed by atoms with Crippen LogP contribution in [0.1, 0.15) is 0 Å². The molecule has 0 radical (unpaired) electrons. The number of hydrogen-bond acceptors (Lipinski definition) is 4. The van der Waals surface area contributed by atoms with E-state index in [-0.39, 0.29) is 0 Å². The maximum atomic E-state index is 5.89. The monoisotopic (exact) mass is 268 g/mol. The zero-order chi connectivity index (χ0) is 13.0. The molecule has 4 nitrogen and oxygen atoms in total. The predicted molar refractivity (Wildman–Crippen MR) is 78.3 cm³/mol. The van der Waals surface area contributed by atoms with Crippen LogP contribution in [0.25, 0.3) is 0 Å². The Labute approximate surface area is 114 Å². The molecule has 3 N–H and O–H groups in total. The fourth-order valence-electron chi connectivity index (χ4n) is 2.11. The number of rotatable bonds is 4. The SMILES string of the molecule is CN1CCN(CCNc2ccc(Cl)cc2N)CC1. The second-order valence-corrected chi connectivity index (χ2v) is 5.24. The summed E-state index contributed by atoms with van der Waals surface area (Å²) in [6.45, 7) is 6.57. The number of hydrogen-bond donors (Lipinski definition) is 2. The molecular weight excluding hydrogens is 248 g/mol. The quantitative estimate of drug-likeness (QED) is 0.814. The van der Waals surface area contributed by atoms with Crippen LogP contribution in [0.2, 0.25) is 5.02 Å². The molecule has 0 saturated carbocycles. The first kappa shape index (κ1) is 13.5. The van der Waals surface area contributed by atoms with E-state index in [4.69, 9.17) is 17.3 Å². The minimum Gasteiger partial charge on any atom is -0.397 e. The summed E-state index contributed by atoms with van der Waals surface area (Å²) in [6, 6.07) is 5.57. The number of anilines is 2. The first-order valence-electron chi connectivity index (χ1n) is 6.35. The van der Waals surface area contributed by atoms with Gasteiger partial charge in [0, 0.05) is 44.3 Å². The molecule has 1 aliphatic heterocycles. The summed E-state index contributed by atoms with van der Waals surface area (Å²) in [4.78, 5) is 4.83. The number of nitrogens with two attached hydrogens (primary N) is 1. The molecule has 1 heterocycles. The van der Waals surface area contributed by atoms with Crippen molar-refractivity contribution < 1.29 is 0 Å². The molecule has 1 aliphatic rings. The molecule has 0 bridgehead atoms. The Hall–Kier alpha value is -0.970. The molecule has 100 valence electrons. The van der Waals surface area contributed by atoms with Crippen LogP contribution in [0.5, 0.6) is 0 Å². The number of piperazine rings is 1. The average Bonchev–Trinajstić information content (AvgIpc) is 2.34. The van der Waals surface area contributed by atoms with Gasteiger partial charge in [0.25, 0.3) is 0 Å². The lowest BCUT2D eigenvalue weighted by molar-refractivity contribution is 0.158. The van der Waals surface area contributed by atoms with Crippen molar-refractivity contribution in [1.29, 1.82) is 0 Å². The van der Waals surface area contributed by atoms with Gasteiger partial charge >= 0.3 is 0 Å². The average molecular weight is 269 g/mol.